The van der Waals surface area contributed by atoms with Crippen LogP contribution >= 0.6 is 0 Å². The number of hydrogen-bond donors (Lipinski definition) is 3. The largest absolute Gasteiger partial charge is 0.479 e. The Kier molecular flexibility index (Phi) is 5.77. The Bertz CT molecular complexity index is 1090. The number of carbonyl (C=O) groups excluding carboxylic acids is 2. The standard InChI is InChI=1S/C26H28N2O6/c1-33-22(23(29)30)13-27-24(31)26-11-15(26)10-16(12-26)28-25(32)34-14-21-19-8-4-2-6-17(19)18-7-3-5-9-20(18)21/h2-9,15-16,21-22H,10-14H2,1H3,(H,27,31)(H,28,32)(H,29,30). The van der Waals surface area contributed by atoms with Gasteiger partial charge in [-0.2, -0.15) is 0 Å². The van der Waals surface area contributed by atoms with Gasteiger partial charge in [-0.1, -0.05) is 48.5 Å². The van der Waals surface area contributed by atoms with Crippen LogP contribution in [-0.4, -0.2) is 55.5 Å². The molecule has 0 radical (unpaired) electrons. The molecule has 0 aromatic heterocycles. The van der Waals surface area contributed by atoms with E-state index in [1.54, 1.807) is 0 Å². The van der Waals surface area contributed by atoms with Crippen molar-refractivity contribution in [3.63, 3.8) is 0 Å². The molecular formula is C26H28N2O6. The van der Waals surface area contributed by atoms with Crippen LogP contribution in [0.2, 0.25) is 0 Å². The first-order chi connectivity index (χ1) is 16.4. The molecule has 2 saturated carbocycles. The van der Waals surface area contributed by atoms with Gasteiger partial charge in [-0.3, -0.25) is 4.79 Å². The molecule has 0 bridgehead atoms. The number of carboxylic acid groups (broad SMARTS) is 1. The van der Waals surface area contributed by atoms with Crippen LogP contribution in [-0.2, 0) is 19.1 Å². The van der Waals surface area contributed by atoms with Gasteiger partial charge in [0.05, 0.1) is 12.0 Å². The van der Waals surface area contributed by atoms with Gasteiger partial charge in [-0.05, 0) is 47.4 Å². The quantitative estimate of drug-likeness (QED) is 0.554. The smallest absolute Gasteiger partial charge is 0.407 e. The fourth-order valence-electron chi connectivity index (χ4n) is 5.73. The van der Waals surface area contributed by atoms with Crippen molar-refractivity contribution in [3.8, 4) is 11.1 Å². The molecule has 34 heavy (non-hydrogen) atoms. The minimum atomic E-state index is -1.12. The van der Waals surface area contributed by atoms with Crippen molar-refractivity contribution in [1.82, 2.24) is 10.6 Å². The summed E-state index contributed by atoms with van der Waals surface area (Å²) in [6.07, 6.45) is 0.442. The normalized spacial score (nSPS) is 25.0. The summed E-state index contributed by atoms with van der Waals surface area (Å²) >= 11 is 0. The zero-order chi connectivity index (χ0) is 23.9. The van der Waals surface area contributed by atoms with E-state index in [4.69, 9.17) is 14.6 Å². The Hall–Kier alpha value is -3.39. The second-order valence-electron chi connectivity index (χ2n) is 9.44. The van der Waals surface area contributed by atoms with E-state index in [9.17, 15) is 14.4 Å². The van der Waals surface area contributed by atoms with Crippen LogP contribution in [0.3, 0.4) is 0 Å². The number of alkyl carbamates (subject to hydrolysis) is 1. The van der Waals surface area contributed by atoms with Gasteiger partial charge in [0, 0.05) is 19.1 Å². The van der Waals surface area contributed by atoms with Gasteiger partial charge in [0.15, 0.2) is 6.10 Å². The fraction of sp³-hybridized carbons (Fsp3) is 0.423. The number of amides is 2. The highest BCUT2D eigenvalue weighted by atomic mass is 16.5. The van der Waals surface area contributed by atoms with Crippen molar-refractivity contribution in [2.45, 2.75) is 37.3 Å². The molecule has 3 aliphatic rings. The summed E-state index contributed by atoms with van der Waals surface area (Å²) in [4.78, 5) is 36.4. The highest BCUT2D eigenvalue weighted by Gasteiger charge is 2.65. The van der Waals surface area contributed by atoms with Gasteiger partial charge in [0.25, 0.3) is 0 Å². The third-order valence-corrected chi connectivity index (χ3v) is 7.54. The molecule has 0 spiro atoms. The molecule has 2 aromatic rings. The van der Waals surface area contributed by atoms with E-state index in [1.165, 1.54) is 18.2 Å². The highest BCUT2D eigenvalue weighted by molar-refractivity contribution is 5.87. The number of aliphatic carboxylic acids is 1. The Morgan fingerprint density at radius 1 is 1.06 bits per heavy atom. The van der Waals surface area contributed by atoms with E-state index < -0.39 is 23.6 Å². The van der Waals surface area contributed by atoms with E-state index >= 15 is 0 Å². The first-order valence-electron chi connectivity index (χ1n) is 11.6. The Morgan fingerprint density at radius 3 is 2.32 bits per heavy atom. The third-order valence-electron chi connectivity index (χ3n) is 7.54. The molecule has 0 heterocycles. The van der Waals surface area contributed by atoms with E-state index in [-0.39, 0.29) is 36.9 Å². The average Bonchev–Trinajstić information content (AvgIpc) is 3.26. The maximum Gasteiger partial charge on any atom is 0.407 e. The van der Waals surface area contributed by atoms with Crippen molar-refractivity contribution in [2.24, 2.45) is 11.3 Å². The van der Waals surface area contributed by atoms with Crippen LogP contribution in [0.25, 0.3) is 11.1 Å². The van der Waals surface area contributed by atoms with E-state index in [0.717, 1.165) is 17.5 Å². The van der Waals surface area contributed by atoms with Crippen molar-refractivity contribution >= 4 is 18.0 Å². The van der Waals surface area contributed by atoms with Crippen LogP contribution in [0.15, 0.2) is 48.5 Å². The minimum absolute atomic E-state index is 0.00443. The summed E-state index contributed by atoms with van der Waals surface area (Å²) in [5, 5.41) is 14.7. The molecule has 2 aromatic carbocycles. The maximum absolute atomic E-state index is 12.7. The van der Waals surface area contributed by atoms with Gasteiger partial charge >= 0.3 is 12.1 Å². The minimum Gasteiger partial charge on any atom is -0.479 e. The molecule has 5 rings (SSSR count). The number of carbonyl (C=O) groups is 3. The summed E-state index contributed by atoms with van der Waals surface area (Å²) < 4.78 is 10.5. The summed E-state index contributed by atoms with van der Waals surface area (Å²) in [5.74, 6) is -1.10. The van der Waals surface area contributed by atoms with E-state index in [0.29, 0.717) is 12.8 Å². The first kappa shape index (κ1) is 22.4. The molecule has 0 aliphatic heterocycles. The number of nitrogens with one attached hydrogen (secondary N) is 2. The lowest BCUT2D eigenvalue weighted by atomic mass is 9.98. The van der Waals surface area contributed by atoms with Crippen LogP contribution in [0.5, 0.6) is 0 Å². The number of carboxylic acids is 1. The molecule has 8 heteroatoms. The van der Waals surface area contributed by atoms with Gasteiger partial charge in [0.2, 0.25) is 5.91 Å². The van der Waals surface area contributed by atoms with Gasteiger partial charge in [0.1, 0.15) is 6.61 Å². The van der Waals surface area contributed by atoms with Gasteiger partial charge in [-0.15, -0.1) is 0 Å². The molecule has 3 aliphatic carbocycles. The predicted octanol–water partition coefficient (Wildman–Crippen LogP) is 2.91. The van der Waals surface area contributed by atoms with Gasteiger partial charge in [-0.25, -0.2) is 9.59 Å². The molecule has 8 nitrogen and oxygen atoms in total. The monoisotopic (exact) mass is 464 g/mol. The van der Waals surface area contributed by atoms with Crippen LogP contribution in [0, 0.1) is 11.3 Å². The SMILES string of the molecule is COC(CNC(=O)C12CC(NC(=O)OCC3c4ccccc4-c4ccccc43)CC1C2)C(=O)O. The van der Waals surface area contributed by atoms with Crippen molar-refractivity contribution in [3.05, 3.63) is 59.7 Å². The number of hydrogen-bond acceptors (Lipinski definition) is 5. The van der Waals surface area contributed by atoms with Crippen molar-refractivity contribution in [2.75, 3.05) is 20.3 Å². The number of ether oxygens (including phenoxy) is 2. The second-order valence-corrected chi connectivity index (χ2v) is 9.44. The van der Waals surface area contributed by atoms with Crippen LogP contribution < -0.4 is 10.6 Å². The Morgan fingerprint density at radius 2 is 1.71 bits per heavy atom. The number of fused-ring (bicyclic) bond motifs is 4. The van der Waals surface area contributed by atoms with Crippen molar-refractivity contribution in [1.29, 1.82) is 0 Å². The van der Waals surface area contributed by atoms with E-state index in [1.807, 2.05) is 24.3 Å². The van der Waals surface area contributed by atoms with Crippen LogP contribution in [0.4, 0.5) is 4.79 Å². The lowest BCUT2D eigenvalue weighted by molar-refractivity contribution is -0.148. The first-order valence-corrected chi connectivity index (χ1v) is 11.6. The summed E-state index contributed by atoms with van der Waals surface area (Å²) in [5.41, 5.74) is 4.14. The lowest BCUT2D eigenvalue weighted by Crippen LogP contribution is -2.42. The molecule has 4 atom stereocenters. The molecule has 2 amide bonds. The molecule has 0 saturated heterocycles. The topological polar surface area (TPSA) is 114 Å². The predicted molar refractivity (Wildman–Crippen MR) is 123 cm³/mol. The second kappa shape index (κ2) is 8.76. The zero-order valence-electron chi connectivity index (χ0n) is 19.0. The summed E-state index contributed by atoms with van der Waals surface area (Å²) in [7, 11) is 1.30. The summed E-state index contributed by atoms with van der Waals surface area (Å²) in [6.45, 7) is 0.166. The molecular weight excluding hydrogens is 436 g/mol. The Balaban J connectivity index is 1.14. The molecule has 3 N–H and O–H groups in total. The molecule has 178 valence electrons. The number of rotatable bonds is 8. The molecule has 2 fully saturated rings. The third kappa shape index (κ3) is 3.92. The van der Waals surface area contributed by atoms with Gasteiger partial charge < -0.3 is 25.2 Å². The fourth-order valence-corrected chi connectivity index (χ4v) is 5.73. The lowest BCUT2D eigenvalue weighted by Gasteiger charge is -2.20. The average molecular weight is 465 g/mol. The zero-order valence-corrected chi connectivity index (χ0v) is 19.0. The number of methoxy groups -OCH3 is 1. The van der Waals surface area contributed by atoms with E-state index in [2.05, 4.69) is 34.9 Å². The Labute approximate surface area is 197 Å². The number of benzene rings is 2. The maximum atomic E-state index is 12.7. The summed E-state index contributed by atoms with van der Waals surface area (Å²) in [6, 6.07) is 16.2. The van der Waals surface area contributed by atoms with Crippen molar-refractivity contribution < 1.29 is 29.0 Å². The molecule has 4 unspecified atom stereocenters. The highest BCUT2D eigenvalue weighted by Crippen LogP contribution is 2.63. The van der Waals surface area contributed by atoms with Crippen LogP contribution in [0.1, 0.15) is 36.3 Å².